The average molecular weight is 285 g/mol. The zero-order chi connectivity index (χ0) is 15.0. The van der Waals surface area contributed by atoms with Crippen LogP contribution in [0.4, 0.5) is 0 Å². The van der Waals surface area contributed by atoms with Gasteiger partial charge in [-0.25, -0.2) is 0 Å². The van der Waals surface area contributed by atoms with Crippen molar-refractivity contribution in [3.63, 3.8) is 0 Å². The first-order valence-corrected chi connectivity index (χ1v) is 7.26. The number of carbonyl (C=O) groups excluding carboxylic acids is 1. The van der Waals surface area contributed by atoms with Crippen molar-refractivity contribution in [1.82, 2.24) is 15.0 Å². The number of nitrogens with zero attached hydrogens (tertiary/aromatic N) is 3. The number of hydrogen-bond acceptors (Lipinski definition) is 4. The van der Waals surface area contributed by atoms with Gasteiger partial charge in [0.15, 0.2) is 0 Å². The largest absolute Gasteiger partial charge is 0.339 e. The summed E-state index contributed by atoms with van der Waals surface area (Å²) < 4.78 is 4.88. The second-order valence-electron chi connectivity index (χ2n) is 5.80. The molecule has 0 N–H and O–H groups in total. The summed E-state index contributed by atoms with van der Waals surface area (Å²) in [5.74, 6) is 0.926. The van der Waals surface area contributed by atoms with Crippen LogP contribution in [0.1, 0.15) is 53.0 Å². The number of benzene rings is 1. The van der Waals surface area contributed by atoms with E-state index < -0.39 is 0 Å². The highest BCUT2D eigenvalue weighted by Crippen LogP contribution is 2.24. The second kappa shape index (κ2) is 5.31. The summed E-state index contributed by atoms with van der Waals surface area (Å²) in [6.07, 6.45) is 0.873. The molecule has 0 radical (unpaired) electrons. The van der Waals surface area contributed by atoms with Crippen molar-refractivity contribution in [3.8, 4) is 0 Å². The van der Waals surface area contributed by atoms with Crippen molar-refractivity contribution in [2.24, 2.45) is 0 Å². The highest BCUT2D eigenvalue weighted by atomic mass is 16.5. The molecule has 0 saturated heterocycles. The fraction of sp³-hybridized carbons (Fsp3) is 0.438. The molecule has 0 saturated carbocycles. The standard InChI is InChI=1S/C16H19N3O2/c1-10(2)12-4-5-14-9-19(7-6-13(14)8-12)16(20)15-17-11(3)21-18-15/h4-5,8,10H,6-7,9H2,1-3H3. The maximum atomic E-state index is 12.3. The molecule has 0 fully saturated rings. The number of amides is 1. The van der Waals surface area contributed by atoms with Gasteiger partial charge in [-0.3, -0.25) is 4.79 Å². The molecule has 1 aromatic heterocycles. The zero-order valence-electron chi connectivity index (χ0n) is 12.6. The van der Waals surface area contributed by atoms with E-state index in [9.17, 15) is 4.79 Å². The molecule has 0 atom stereocenters. The molecule has 3 rings (SSSR count). The summed E-state index contributed by atoms with van der Waals surface area (Å²) in [5, 5.41) is 3.71. The van der Waals surface area contributed by atoms with E-state index in [4.69, 9.17) is 4.52 Å². The predicted octanol–water partition coefficient (Wildman–Crippen LogP) is 2.70. The first-order valence-electron chi connectivity index (χ1n) is 7.26. The Hall–Kier alpha value is -2.17. The zero-order valence-corrected chi connectivity index (χ0v) is 12.6. The molecule has 1 amide bonds. The van der Waals surface area contributed by atoms with E-state index in [0.717, 1.165) is 6.42 Å². The van der Waals surface area contributed by atoms with Crippen molar-refractivity contribution < 1.29 is 9.32 Å². The molecule has 0 bridgehead atoms. The molecule has 0 unspecified atom stereocenters. The van der Waals surface area contributed by atoms with Crippen LogP contribution >= 0.6 is 0 Å². The SMILES string of the molecule is Cc1nc(C(=O)N2CCc3cc(C(C)C)ccc3C2)no1. The van der Waals surface area contributed by atoms with Crippen LogP contribution in [0.3, 0.4) is 0 Å². The minimum atomic E-state index is -0.162. The van der Waals surface area contributed by atoms with Gasteiger partial charge in [0.05, 0.1) is 0 Å². The van der Waals surface area contributed by atoms with Crippen LogP contribution in [0.2, 0.25) is 0 Å². The number of carbonyl (C=O) groups is 1. The lowest BCUT2D eigenvalue weighted by atomic mass is 9.93. The third kappa shape index (κ3) is 2.68. The summed E-state index contributed by atoms with van der Waals surface area (Å²) in [6.45, 7) is 7.38. The Bertz CT molecular complexity index is 676. The van der Waals surface area contributed by atoms with E-state index >= 15 is 0 Å². The van der Waals surface area contributed by atoms with Crippen LogP contribution in [0, 0.1) is 6.92 Å². The third-order valence-electron chi connectivity index (χ3n) is 3.92. The van der Waals surface area contributed by atoms with E-state index in [2.05, 4.69) is 42.2 Å². The summed E-state index contributed by atoms with van der Waals surface area (Å²) in [6, 6.07) is 6.54. The van der Waals surface area contributed by atoms with Gasteiger partial charge >= 0.3 is 0 Å². The molecule has 0 spiro atoms. The van der Waals surface area contributed by atoms with E-state index in [0.29, 0.717) is 24.9 Å². The molecule has 5 nitrogen and oxygen atoms in total. The van der Waals surface area contributed by atoms with Crippen LogP contribution in [-0.2, 0) is 13.0 Å². The Morgan fingerprint density at radius 2 is 2.14 bits per heavy atom. The van der Waals surface area contributed by atoms with Gasteiger partial charge in [0, 0.05) is 20.0 Å². The number of aryl methyl sites for hydroxylation is 1. The van der Waals surface area contributed by atoms with Crippen LogP contribution in [-0.4, -0.2) is 27.5 Å². The maximum Gasteiger partial charge on any atom is 0.295 e. The first kappa shape index (κ1) is 13.8. The van der Waals surface area contributed by atoms with Crippen molar-refractivity contribution >= 4 is 5.91 Å². The monoisotopic (exact) mass is 285 g/mol. The highest BCUT2D eigenvalue weighted by Gasteiger charge is 2.25. The lowest BCUT2D eigenvalue weighted by Gasteiger charge is -2.28. The Balaban J connectivity index is 1.80. The van der Waals surface area contributed by atoms with Crippen LogP contribution < -0.4 is 0 Å². The molecule has 2 aromatic rings. The normalized spacial score (nSPS) is 14.4. The first-order chi connectivity index (χ1) is 10.0. The fourth-order valence-electron chi connectivity index (χ4n) is 2.63. The topological polar surface area (TPSA) is 59.2 Å². The number of fused-ring (bicyclic) bond motifs is 1. The lowest BCUT2D eigenvalue weighted by molar-refractivity contribution is 0.0719. The highest BCUT2D eigenvalue weighted by molar-refractivity contribution is 5.90. The predicted molar refractivity (Wildman–Crippen MR) is 78.0 cm³/mol. The maximum absolute atomic E-state index is 12.3. The Morgan fingerprint density at radius 3 is 2.81 bits per heavy atom. The number of hydrogen-bond donors (Lipinski definition) is 0. The van der Waals surface area contributed by atoms with Gasteiger partial charge in [-0.1, -0.05) is 37.2 Å². The minimum Gasteiger partial charge on any atom is -0.339 e. The molecular weight excluding hydrogens is 266 g/mol. The molecule has 2 heterocycles. The summed E-state index contributed by atoms with van der Waals surface area (Å²) >= 11 is 0. The smallest absolute Gasteiger partial charge is 0.295 e. The summed E-state index contributed by atoms with van der Waals surface area (Å²) in [5.41, 5.74) is 3.90. The van der Waals surface area contributed by atoms with Gasteiger partial charge in [0.2, 0.25) is 5.89 Å². The average Bonchev–Trinajstić information content (AvgIpc) is 2.91. The van der Waals surface area contributed by atoms with Gasteiger partial charge in [0.25, 0.3) is 11.7 Å². The van der Waals surface area contributed by atoms with E-state index in [1.165, 1.54) is 16.7 Å². The van der Waals surface area contributed by atoms with Gasteiger partial charge in [0.1, 0.15) is 0 Å². The van der Waals surface area contributed by atoms with Crippen molar-refractivity contribution in [2.75, 3.05) is 6.54 Å². The van der Waals surface area contributed by atoms with Crippen LogP contribution in [0.5, 0.6) is 0 Å². The van der Waals surface area contributed by atoms with E-state index in [-0.39, 0.29) is 11.7 Å². The lowest BCUT2D eigenvalue weighted by Crippen LogP contribution is -2.36. The van der Waals surface area contributed by atoms with Crippen molar-refractivity contribution in [2.45, 2.75) is 39.7 Å². The molecule has 1 aliphatic rings. The van der Waals surface area contributed by atoms with E-state index in [1.807, 2.05) is 0 Å². The molecule has 21 heavy (non-hydrogen) atoms. The van der Waals surface area contributed by atoms with Gasteiger partial charge in [-0.15, -0.1) is 0 Å². The molecular formula is C16H19N3O2. The Labute approximate surface area is 124 Å². The molecule has 1 aromatic carbocycles. The van der Waals surface area contributed by atoms with Gasteiger partial charge in [-0.2, -0.15) is 4.98 Å². The summed E-state index contributed by atoms with van der Waals surface area (Å²) in [7, 11) is 0. The van der Waals surface area contributed by atoms with Crippen LogP contribution in [0.25, 0.3) is 0 Å². The van der Waals surface area contributed by atoms with Crippen molar-refractivity contribution in [1.29, 1.82) is 0 Å². The van der Waals surface area contributed by atoms with Gasteiger partial charge < -0.3 is 9.42 Å². The minimum absolute atomic E-state index is 0.148. The Kier molecular flexibility index (Phi) is 3.49. The Morgan fingerprint density at radius 1 is 1.33 bits per heavy atom. The summed E-state index contributed by atoms with van der Waals surface area (Å²) in [4.78, 5) is 18.1. The van der Waals surface area contributed by atoms with Crippen molar-refractivity contribution in [3.05, 3.63) is 46.6 Å². The fourth-order valence-corrected chi connectivity index (χ4v) is 2.63. The molecule has 110 valence electrons. The number of aromatic nitrogens is 2. The van der Waals surface area contributed by atoms with E-state index in [1.54, 1.807) is 11.8 Å². The quantitative estimate of drug-likeness (QED) is 0.851. The van der Waals surface area contributed by atoms with Crippen LogP contribution in [0.15, 0.2) is 22.7 Å². The molecule has 0 aliphatic carbocycles. The second-order valence-corrected chi connectivity index (χ2v) is 5.80. The van der Waals surface area contributed by atoms with Gasteiger partial charge in [-0.05, 0) is 29.0 Å². The number of rotatable bonds is 2. The molecule has 5 heteroatoms. The molecule has 1 aliphatic heterocycles. The third-order valence-corrected chi connectivity index (χ3v) is 3.92.